The van der Waals surface area contributed by atoms with Gasteiger partial charge in [-0.25, -0.2) is 4.39 Å². The fourth-order valence-corrected chi connectivity index (χ4v) is 0.991. The Morgan fingerprint density at radius 2 is 2.08 bits per heavy atom. The minimum Gasteiger partial charge on any atom is -0.435 e. The zero-order valence-electron chi connectivity index (χ0n) is 7.06. The molecule has 0 aliphatic carbocycles. The summed E-state index contributed by atoms with van der Waals surface area (Å²) in [5, 5.41) is 0. The van der Waals surface area contributed by atoms with Crippen molar-refractivity contribution in [3.8, 4) is 5.75 Å². The Balaban J connectivity index is 2.83. The van der Waals surface area contributed by atoms with Crippen LogP contribution in [0, 0.1) is 5.82 Å². The number of alkyl halides is 2. The summed E-state index contributed by atoms with van der Waals surface area (Å²) in [6.07, 6.45) is 0.529. The molecule has 13 heavy (non-hydrogen) atoms. The first-order valence-corrected chi connectivity index (χ1v) is 3.86. The van der Waals surface area contributed by atoms with Gasteiger partial charge < -0.3 is 4.74 Å². The quantitative estimate of drug-likeness (QED) is 0.711. The van der Waals surface area contributed by atoms with E-state index in [0.29, 0.717) is 12.0 Å². The van der Waals surface area contributed by atoms with Crippen molar-refractivity contribution in [1.82, 2.24) is 0 Å². The molecule has 0 amide bonds. The lowest BCUT2D eigenvalue weighted by Crippen LogP contribution is -2.02. The summed E-state index contributed by atoms with van der Waals surface area (Å²) in [7, 11) is 0. The van der Waals surface area contributed by atoms with Gasteiger partial charge in [-0.05, 0) is 18.1 Å². The molecule has 72 valence electrons. The van der Waals surface area contributed by atoms with Crippen molar-refractivity contribution in [3.05, 3.63) is 29.6 Å². The smallest absolute Gasteiger partial charge is 0.387 e. The molecule has 0 atom stereocenters. The van der Waals surface area contributed by atoms with Crippen LogP contribution < -0.4 is 4.74 Å². The van der Waals surface area contributed by atoms with Crippen LogP contribution in [0.15, 0.2) is 18.2 Å². The molecule has 4 heteroatoms. The molecule has 0 spiro atoms. The highest BCUT2D eigenvalue weighted by atomic mass is 19.3. The molecule has 0 radical (unpaired) electrons. The third-order valence-electron chi connectivity index (χ3n) is 1.63. The van der Waals surface area contributed by atoms with Crippen LogP contribution in [0.3, 0.4) is 0 Å². The Labute approximate surface area is 74.1 Å². The highest BCUT2D eigenvalue weighted by Gasteiger charge is 2.06. The Bertz CT molecular complexity index is 286. The van der Waals surface area contributed by atoms with Crippen molar-refractivity contribution in [2.45, 2.75) is 20.0 Å². The largest absolute Gasteiger partial charge is 0.435 e. The maximum atomic E-state index is 13.0. The highest BCUT2D eigenvalue weighted by molar-refractivity contribution is 5.28. The van der Waals surface area contributed by atoms with Gasteiger partial charge in [0.25, 0.3) is 0 Å². The minimum absolute atomic E-state index is 0.148. The zero-order chi connectivity index (χ0) is 9.84. The van der Waals surface area contributed by atoms with Gasteiger partial charge >= 0.3 is 6.61 Å². The lowest BCUT2D eigenvalue weighted by molar-refractivity contribution is -0.0500. The first kappa shape index (κ1) is 9.89. The molecular weight excluding hydrogens is 181 g/mol. The maximum absolute atomic E-state index is 13.0. The summed E-state index contributed by atoms with van der Waals surface area (Å²) in [6, 6.07) is 3.73. The molecule has 0 fully saturated rings. The third-order valence-corrected chi connectivity index (χ3v) is 1.63. The van der Waals surface area contributed by atoms with Gasteiger partial charge in [0.2, 0.25) is 0 Å². The van der Waals surface area contributed by atoms with Gasteiger partial charge in [-0.15, -0.1) is 0 Å². The lowest BCUT2D eigenvalue weighted by atomic mass is 10.1. The molecule has 0 saturated heterocycles. The molecule has 0 unspecified atom stereocenters. The lowest BCUT2D eigenvalue weighted by Gasteiger charge is -2.05. The first-order valence-electron chi connectivity index (χ1n) is 3.86. The fourth-order valence-electron chi connectivity index (χ4n) is 0.991. The average molecular weight is 190 g/mol. The summed E-state index contributed by atoms with van der Waals surface area (Å²) in [4.78, 5) is 0. The summed E-state index contributed by atoms with van der Waals surface area (Å²) in [6.45, 7) is -1.13. The highest BCUT2D eigenvalue weighted by Crippen LogP contribution is 2.18. The topological polar surface area (TPSA) is 9.23 Å². The second-order valence-electron chi connectivity index (χ2n) is 2.49. The Morgan fingerprint density at radius 3 is 2.54 bits per heavy atom. The Morgan fingerprint density at radius 1 is 1.38 bits per heavy atom. The molecule has 0 aliphatic rings. The second-order valence-corrected chi connectivity index (χ2v) is 2.49. The van der Waals surface area contributed by atoms with E-state index in [-0.39, 0.29) is 5.75 Å². The van der Waals surface area contributed by atoms with Crippen molar-refractivity contribution in [2.75, 3.05) is 0 Å². The van der Waals surface area contributed by atoms with Gasteiger partial charge in [-0.1, -0.05) is 13.0 Å². The van der Waals surface area contributed by atoms with Crippen LogP contribution >= 0.6 is 0 Å². The van der Waals surface area contributed by atoms with E-state index < -0.39 is 12.4 Å². The van der Waals surface area contributed by atoms with E-state index in [1.54, 1.807) is 6.92 Å². The number of halogens is 3. The van der Waals surface area contributed by atoms with Crippen molar-refractivity contribution >= 4 is 0 Å². The second kappa shape index (κ2) is 4.16. The maximum Gasteiger partial charge on any atom is 0.387 e. The number of ether oxygens (including phenoxy) is 1. The van der Waals surface area contributed by atoms with Crippen molar-refractivity contribution < 1.29 is 17.9 Å². The Hall–Kier alpha value is -1.19. The van der Waals surface area contributed by atoms with E-state index in [9.17, 15) is 13.2 Å². The molecule has 0 N–H and O–H groups in total. The molecule has 0 bridgehead atoms. The monoisotopic (exact) mass is 190 g/mol. The van der Waals surface area contributed by atoms with Gasteiger partial charge in [0.05, 0.1) is 0 Å². The third kappa shape index (κ3) is 2.65. The van der Waals surface area contributed by atoms with Crippen LogP contribution in [0.2, 0.25) is 0 Å². The molecular formula is C9H9F3O. The standard InChI is InChI=1S/C9H9F3O/c1-2-6-3-4-7(5-8(6)10)13-9(11)12/h3-5,9H,2H2,1H3. The molecule has 0 heterocycles. The molecule has 0 aliphatic heterocycles. The van der Waals surface area contributed by atoms with E-state index in [1.807, 2.05) is 0 Å². The van der Waals surface area contributed by atoms with E-state index >= 15 is 0 Å². The van der Waals surface area contributed by atoms with E-state index in [0.717, 1.165) is 6.07 Å². The summed E-state index contributed by atoms with van der Waals surface area (Å²) < 4.78 is 40.4. The van der Waals surface area contributed by atoms with Crippen LogP contribution in [0.5, 0.6) is 5.75 Å². The number of hydrogen-bond donors (Lipinski definition) is 0. The van der Waals surface area contributed by atoms with Crippen molar-refractivity contribution in [2.24, 2.45) is 0 Å². The SMILES string of the molecule is CCc1ccc(OC(F)F)cc1F. The zero-order valence-corrected chi connectivity index (χ0v) is 7.06. The Kier molecular flexibility index (Phi) is 3.17. The predicted octanol–water partition coefficient (Wildman–Crippen LogP) is 2.99. The molecule has 1 nitrogen and oxygen atoms in total. The van der Waals surface area contributed by atoms with Crippen LogP contribution in [0.4, 0.5) is 13.2 Å². The van der Waals surface area contributed by atoms with E-state index in [2.05, 4.69) is 4.74 Å². The van der Waals surface area contributed by atoms with Crippen molar-refractivity contribution in [3.63, 3.8) is 0 Å². The number of hydrogen-bond acceptors (Lipinski definition) is 1. The molecule has 1 aromatic carbocycles. The number of aryl methyl sites for hydroxylation is 1. The molecule has 1 rings (SSSR count). The van der Waals surface area contributed by atoms with Gasteiger partial charge in [0, 0.05) is 6.07 Å². The van der Waals surface area contributed by atoms with Crippen LogP contribution in [-0.2, 0) is 6.42 Å². The van der Waals surface area contributed by atoms with Gasteiger partial charge in [-0.2, -0.15) is 8.78 Å². The fraction of sp³-hybridized carbons (Fsp3) is 0.333. The van der Waals surface area contributed by atoms with Gasteiger partial charge in [0.15, 0.2) is 0 Å². The summed E-state index contributed by atoms with van der Waals surface area (Å²) in [5.41, 5.74) is 0.488. The normalized spacial score (nSPS) is 10.5. The van der Waals surface area contributed by atoms with Crippen LogP contribution in [-0.4, -0.2) is 6.61 Å². The van der Waals surface area contributed by atoms with Crippen LogP contribution in [0.25, 0.3) is 0 Å². The molecule has 1 aromatic rings. The molecule has 0 saturated carbocycles. The van der Waals surface area contributed by atoms with Gasteiger partial charge in [0.1, 0.15) is 11.6 Å². The van der Waals surface area contributed by atoms with E-state index in [1.165, 1.54) is 12.1 Å². The number of rotatable bonds is 3. The van der Waals surface area contributed by atoms with Gasteiger partial charge in [-0.3, -0.25) is 0 Å². The first-order chi connectivity index (χ1) is 6.13. The summed E-state index contributed by atoms with van der Waals surface area (Å²) >= 11 is 0. The minimum atomic E-state index is -2.91. The summed E-state index contributed by atoms with van der Waals surface area (Å²) in [5.74, 6) is -0.662. The van der Waals surface area contributed by atoms with E-state index in [4.69, 9.17) is 0 Å². The van der Waals surface area contributed by atoms with Crippen molar-refractivity contribution in [1.29, 1.82) is 0 Å². The number of benzene rings is 1. The average Bonchev–Trinajstić information content (AvgIpc) is 2.03. The molecule has 0 aromatic heterocycles. The van der Waals surface area contributed by atoms with Crippen LogP contribution in [0.1, 0.15) is 12.5 Å². The predicted molar refractivity (Wildman–Crippen MR) is 42.4 cm³/mol.